The van der Waals surface area contributed by atoms with Crippen LogP contribution < -0.4 is 4.74 Å². The molecule has 1 aromatic rings. The van der Waals surface area contributed by atoms with Crippen LogP contribution in [-0.4, -0.2) is 75.2 Å². The van der Waals surface area contributed by atoms with Crippen LogP contribution in [0.1, 0.15) is 18.1 Å². The molecular formula is C20H28N2O5. The SMILES string of the molecule is C=CCOC(CN1CCN(C(=O)CC(=O)OC)CC1)c1cccc(OC)c1. The summed E-state index contributed by atoms with van der Waals surface area (Å²) in [6, 6.07) is 7.85. The summed E-state index contributed by atoms with van der Waals surface area (Å²) in [5, 5.41) is 0. The zero-order chi connectivity index (χ0) is 19.6. The van der Waals surface area contributed by atoms with Gasteiger partial charge in [-0.15, -0.1) is 6.58 Å². The molecule has 0 N–H and O–H groups in total. The highest BCUT2D eigenvalue weighted by Crippen LogP contribution is 2.23. The maximum atomic E-state index is 12.1. The molecule has 2 rings (SSSR count). The Morgan fingerprint density at radius 2 is 1.96 bits per heavy atom. The molecule has 0 spiro atoms. The number of hydrogen-bond donors (Lipinski definition) is 0. The molecule has 0 radical (unpaired) electrons. The minimum Gasteiger partial charge on any atom is -0.497 e. The fraction of sp³-hybridized carbons (Fsp3) is 0.500. The molecule has 1 amide bonds. The van der Waals surface area contributed by atoms with Crippen molar-refractivity contribution in [2.75, 3.05) is 53.6 Å². The van der Waals surface area contributed by atoms with Gasteiger partial charge in [-0.2, -0.15) is 0 Å². The van der Waals surface area contributed by atoms with Crippen molar-refractivity contribution in [1.29, 1.82) is 0 Å². The van der Waals surface area contributed by atoms with Crippen molar-refractivity contribution < 1.29 is 23.8 Å². The van der Waals surface area contributed by atoms with Crippen molar-refractivity contribution >= 4 is 11.9 Å². The molecule has 1 fully saturated rings. The van der Waals surface area contributed by atoms with E-state index in [1.165, 1.54) is 7.11 Å². The molecule has 1 aliphatic rings. The summed E-state index contributed by atoms with van der Waals surface area (Å²) in [5.74, 6) is 0.102. The first kappa shape index (κ1) is 20.9. The smallest absolute Gasteiger partial charge is 0.315 e. The Kier molecular flexibility index (Phi) is 8.29. The van der Waals surface area contributed by atoms with Gasteiger partial charge in [0.2, 0.25) is 5.91 Å². The summed E-state index contributed by atoms with van der Waals surface area (Å²) < 4.78 is 15.8. The Morgan fingerprint density at radius 1 is 1.22 bits per heavy atom. The van der Waals surface area contributed by atoms with Crippen LogP contribution in [0.5, 0.6) is 5.75 Å². The van der Waals surface area contributed by atoms with Gasteiger partial charge in [0, 0.05) is 32.7 Å². The summed E-state index contributed by atoms with van der Waals surface area (Å²) in [6.45, 7) is 7.51. The molecule has 7 heteroatoms. The number of hydrogen-bond acceptors (Lipinski definition) is 6. The topological polar surface area (TPSA) is 68.3 Å². The van der Waals surface area contributed by atoms with Crippen LogP contribution in [0.4, 0.5) is 0 Å². The Morgan fingerprint density at radius 3 is 2.59 bits per heavy atom. The molecular weight excluding hydrogens is 348 g/mol. The summed E-state index contributed by atoms with van der Waals surface area (Å²) in [7, 11) is 2.93. The third-order valence-electron chi connectivity index (χ3n) is 4.55. The van der Waals surface area contributed by atoms with Crippen molar-refractivity contribution in [1.82, 2.24) is 9.80 Å². The molecule has 0 bridgehead atoms. The predicted octanol–water partition coefficient (Wildman–Crippen LogP) is 1.65. The van der Waals surface area contributed by atoms with E-state index < -0.39 is 5.97 Å². The third kappa shape index (κ3) is 6.37. The van der Waals surface area contributed by atoms with Crippen LogP contribution in [0.3, 0.4) is 0 Å². The van der Waals surface area contributed by atoms with Gasteiger partial charge in [0.25, 0.3) is 0 Å². The molecule has 148 valence electrons. The van der Waals surface area contributed by atoms with Gasteiger partial charge >= 0.3 is 5.97 Å². The van der Waals surface area contributed by atoms with Crippen LogP contribution in [0.25, 0.3) is 0 Å². The summed E-state index contributed by atoms with van der Waals surface area (Å²) in [5.41, 5.74) is 1.04. The second-order valence-electron chi connectivity index (χ2n) is 6.32. The summed E-state index contributed by atoms with van der Waals surface area (Å²) >= 11 is 0. The Bertz CT molecular complexity index is 641. The quantitative estimate of drug-likeness (QED) is 0.371. The number of benzene rings is 1. The van der Waals surface area contributed by atoms with E-state index in [0.717, 1.165) is 24.4 Å². The molecule has 1 atom stereocenters. The normalized spacial score (nSPS) is 15.9. The van der Waals surface area contributed by atoms with Crippen LogP contribution in [0, 0.1) is 0 Å². The van der Waals surface area contributed by atoms with E-state index in [1.54, 1.807) is 18.1 Å². The molecule has 0 aliphatic carbocycles. The van der Waals surface area contributed by atoms with Crippen LogP contribution in [0.15, 0.2) is 36.9 Å². The van der Waals surface area contributed by atoms with Crippen molar-refractivity contribution in [3.05, 3.63) is 42.5 Å². The maximum Gasteiger partial charge on any atom is 0.315 e. The first-order valence-corrected chi connectivity index (χ1v) is 9.00. The van der Waals surface area contributed by atoms with Gasteiger partial charge < -0.3 is 19.1 Å². The van der Waals surface area contributed by atoms with Crippen molar-refractivity contribution in [3.8, 4) is 5.75 Å². The van der Waals surface area contributed by atoms with Crippen molar-refractivity contribution in [2.45, 2.75) is 12.5 Å². The number of carbonyl (C=O) groups is 2. The number of ether oxygens (including phenoxy) is 3. The van der Waals surface area contributed by atoms with Crippen molar-refractivity contribution in [3.63, 3.8) is 0 Å². The highest BCUT2D eigenvalue weighted by molar-refractivity contribution is 5.94. The average Bonchev–Trinajstić information content (AvgIpc) is 2.71. The summed E-state index contributed by atoms with van der Waals surface area (Å²) in [6.07, 6.45) is 1.41. The lowest BCUT2D eigenvalue weighted by molar-refractivity contribution is -0.147. The highest BCUT2D eigenvalue weighted by Gasteiger charge is 2.25. The number of amides is 1. The second-order valence-corrected chi connectivity index (χ2v) is 6.32. The monoisotopic (exact) mass is 376 g/mol. The third-order valence-corrected chi connectivity index (χ3v) is 4.55. The zero-order valence-corrected chi connectivity index (χ0v) is 16.1. The number of methoxy groups -OCH3 is 2. The van der Waals surface area contributed by atoms with E-state index in [2.05, 4.69) is 16.2 Å². The number of nitrogens with zero attached hydrogens (tertiary/aromatic N) is 2. The fourth-order valence-corrected chi connectivity index (χ4v) is 3.00. The minimum absolute atomic E-state index is 0.115. The molecule has 7 nitrogen and oxygen atoms in total. The zero-order valence-electron chi connectivity index (χ0n) is 16.1. The van der Waals surface area contributed by atoms with Gasteiger partial charge in [-0.05, 0) is 17.7 Å². The first-order chi connectivity index (χ1) is 13.1. The number of rotatable bonds is 9. The lowest BCUT2D eigenvalue weighted by atomic mass is 10.1. The Hall–Kier alpha value is -2.38. The lowest BCUT2D eigenvalue weighted by Gasteiger charge is -2.36. The minimum atomic E-state index is -0.502. The van der Waals surface area contributed by atoms with Crippen LogP contribution in [-0.2, 0) is 19.1 Å². The number of carbonyl (C=O) groups excluding carboxylic acids is 2. The fourth-order valence-electron chi connectivity index (χ4n) is 3.00. The average molecular weight is 376 g/mol. The molecule has 1 saturated heterocycles. The molecule has 1 aromatic carbocycles. The largest absolute Gasteiger partial charge is 0.497 e. The molecule has 1 heterocycles. The van der Waals surface area contributed by atoms with E-state index >= 15 is 0 Å². The number of esters is 1. The van der Waals surface area contributed by atoms with E-state index in [0.29, 0.717) is 26.2 Å². The molecule has 1 aliphatic heterocycles. The van der Waals surface area contributed by atoms with Crippen molar-refractivity contribution in [2.24, 2.45) is 0 Å². The standard InChI is InChI=1S/C20H28N2O5/c1-4-12-27-18(16-6-5-7-17(13-16)25-2)15-21-8-10-22(11-9-21)19(23)14-20(24)26-3/h4-7,13,18H,1,8-12,14-15H2,2-3H3. The van der Waals surface area contributed by atoms with Gasteiger partial charge in [-0.1, -0.05) is 18.2 Å². The van der Waals surface area contributed by atoms with E-state index in [-0.39, 0.29) is 18.4 Å². The number of piperazine rings is 1. The summed E-state index contributed by atoms with van der Waals surface area (Å²) in [4.78, 5) is 27.3. The maximum absolute atomic E-state index is 12.1. The van der Waals surface area contributed by atoms with Gasteiger partial charge in [0.15, 0.2) is 0 Å². The van der Waals surface area contributed by atoms with Crippen LogP contribution in [0.2, 0.25) is 0 Å². The van der Waals surface area contributed by atoms with Gasteiger partial charge in [0.05, 0.1) is 26.9 Å². The van der Waals surface area contributed by atoms with Gasteiger partial charge in [-0.3, -0.25) is 14.5 Å². The second kappa shape index (κ2) is 10.7. The van der Waals surface area contributed by atoms with Gasteiger partial charge in [0.1, 0.15) is 12.2 Å². The highest BCUT2D eigenvalue weighted by atomic mass is 16.5. The van der Waals surface area contributed by atoms with E-state index in [4.69, 9.17) is 9.47 Å². The lowest BCUT2D eigenvalue weighted by Crippen LogP contribution is -2.50. The van der Waals surface area contributed by atoms with E-state index in [9.17, 15) is 9.59 Å². The van der Waals surface area contributed by atoms with Gasteiger partial charge in [-0.25, -0.2) is 0 Å². The molecule has 0 saturated carbocycles. The van der Waals surface area contributed by atoms with Crippen LogP contribution >= 0.6 is 0 Å². The Balaban J connectivity index is 1.93. The Labute approximate surface area is 160 Å². The molecule has 0 aromatic heterocycles. The molecule has 27 heavy (non-hydrogen) atoms. The molecule has 1 unspecified atom stereocenters. The van der Waals surface area contributed by atoms with E-state index in [1.807, 2.05) is 24.3 Å². The predicted molar refractivity (Wildman–Crippen MR) is 102 cm³/mol. The first-order valence-electron chi connectivity index (χ1n) is 9.00.